The zero-order valence-electron chi connectivity index (χ0n) is 9.62. The van der Waals surface area contributed by atoms with Gasteiger partial charge in [0, 0.05) is 31.5 Å². The van der Waals surface area contributed by atoms with Crippen molar-refractivity contribution in [2.45, 2.75) is 25.8 Å². The highest BCUT2D eigenvalue weighted by molar-refractivity contribution is 9.10. The first kappa shape index (κ1) is 11.9. The largest absolute Gasteiger partial charge is 0.366 e. The van der Waals surface area contributed by atoms with Gasteiger partial charge in [-0.05, 0) is 41.4 Å². The van der Waals surface area contributed by atoms with E-state index in [0.29, 0.717) is 6.04 Å². The van der Waals surface area contributed by atoms with E-state index in [2.05, 4.69) is 44.1 Å². The summed E-state index contributed by atoms with van der Waals surface area (Å²) in [5.41, 5.74) is 1.27. The highest BCUT2D eigenvalue weighted by atomic mass is 79.9. The summed E-state index contributed by atoms with van der Waals surface area (Å²) in [5.74, 6) is 0. The summed E-state index contributed by atoms with van der Waals surface area (Å²) >= 11 is 3.59. The molecule has 1 aromatic rings. The van der Waals surface area contributed by atoms with Crippen molar-refractivity contribution in [3.63, 3.8) is 0 Å². The van der Waals surface area contributed by atoms with Gasteiger partial charge < -0.3 is 10.2 Å². The molecule has 1 fully saturated rings. The van der Waals surface area contributed by atoms with Crippen LogP contribution < -0.4 is 10.2 Å². The Morgan fingerprint density at radius 3 is 3.12 bits per heavy atom. The van der Waals surface area contributed by atoms with Gasteiger partial charge in [-0.25, -0.2) is 0 Å². The van der Waals surface area contributed by atoms with Gasteiger partial charge in [0.15, 0.2) is 0 Å². The van der Waals surface area contributed by atoms with Crippen molar-refractivity contribution in [3.8, 4) is 0 Å². The summed E-state index contributed by atoms with van der Waals surface area (Å²) < 4.78 is 1.09. The van der Waals surface area contributed by atoms with Crippen molar-refractivity contribution in [1.82, 2.24) is 10.3 Å². The van der Waals surface area contributed by atoms with E-state index in [9.17, 15) is 0 Å². The lowest BCUT2D eigenvalue weighted by atomic mass is 10.2. The highest BCUT2D eigenvalue weighted by Gasteiger charge is 2.23. The number of nitrogens with zero attached hydrogens (tertiary/aromatic N) is 2. The second kappa shape index (κ2) is 5.64. The van der Waals surface area contributed by atoms with Crippen LogP contribution in [0.15, 0.2) is 22.9 Å². The van der Waals surface area contributed by atoms with Gasteiger partial charge in [0.05, 0.1) is 10.2 Å². The minimum Gasteiger partial charge on any atom is -0.366 e. The molecule has 0 amide bonds. The van der Waals surface area contributed by atoms with Crippen molar-refractivity contribution in [3.05, 3.63) is 22.9 Å². The average molecular weight is 284 g/mol. The quantitative estimate of drug-likeness (QED) is 0.920. The fourth-order valence-electron chi connectivity index (χ4n) is 2.25. The SMILES string of the molecule is CCCN(c1ccncc1Br)C1CCNC1. The van der Waals surface area contributed by atoms with E-state index in [0.717, 1.165) is 24.1 Å². The summed E-state index contributed by atoms with van der Waals surface area (Å²) in [6.07, 6.45) is 6.14. The number of hydrogen-bond acceptors (Lipinski definition) is 3. The van der Waals surface area contributed by atoms with Crippen molar-refractivity contribution in [1.29, 1.82) is 0 Å². The van der Waals surface area contributed by atoms with E-state index >= 15 is 0 Å². The molecular formula is C12H18BrN3. The van der Waals surface area contributed by atoms with Crippen LogP contribution in [0.25, 0.3) is 0 Å². The Labute approximate surface area is 105 Å². The number of rotatable bonds is 4. The number of nitrogens with one attached hydrogen (secondary N) is 1. The zero-order valence-corrected chi connectivity index (χ0v) is 11.2. The summed E-state index contributed by atoms with van der Waals surface area (Å²) in [6, 6.07) is 2.72. The lowest BCUT2D eigenvalue weighted by molar-refractivity contribution is 0.624. The van der Waals surface area contributed by atoms with Gasteiger partial charge in [0.25, 0.3) is 0 Å². The fraction of sp³-hybridized carbons (Fsp3) is 0.583. The monoisotopic (exact) mass is 283 g/mol. The van der Waals surface area contributed by atoms with Gasteiger partial charge in [0.2, 0.25) is 0 Å². The average Bonchev–Trinajstić information content (AvgIpc) is 2.80. The van der Waals surface area contributed by atoms with Crippen molar-refractivity contribution in [2.24, 2.45) is 0 Å². The van der Waals surface area contributed by atoms with Crippen LogP contribution in [0, 0.1) is 0 Å². The Kier molecular flexibility index (Phi) is 4.18. The van der Waals surface area contributed by atoms with Crippen LogP contribution in [-0.4, -0.2) is 30.7 Å². The molecule has 1 aliphatic rings. The lowest BCUT2D eigenvalue weighted by Crippen LogP contribution is -2.37. The lowest BCUT2D eigenvalue weighted by Gasteiger charge is -2.31. The first-order valence-corrected chi connectivity index (χ1v) is 6.69. The Hall–Kier alpha value is -0.610. The van der Waals surface area contributed by atoms with E-state index in [1.807, 2.05) is 12.4 Å². The highest BCUT2D eigenvalue weighted by Crippen LogP contribution is 2.28. The summed E-state index contributed by atoms with van der Waals surface area (Å²) in [4.78, 5) is 6.62. The molecule has 1 unspecified atom stereocenters. The third kappa shape index (κ3) is 2.55. The maximum atomic E-state index is 4.12. The molecule has 1 atom stereocenters. The number of pyridine rings is 1. The van der Waals surface area contributed by atoms with Crippen molar-refractivity contribution in [2.75, 3.05) is 24.5 Å². The van der Waals surface area contributed by atoms with Gasteiger partial charge in [-0.15, -0.1) is 0 Å². The molecule has 0 bridgehead atoms. The molecule has 16 heavy (non-hydrogen) atoms. The maximum absolute atomic E-state index is 4.12. The third-order valence-electron chi connectivity index (χ3n) is 3.00. The number of hydrogen-bond donors (Lipinski definition) is 1. The molecule has 2 heterocycles. The van der Waals surface area contributed by atoms with Gasteiger partial charge in [-0.1, -0.05) is 6.92 Å². The summed E-state index contributed by atoms with van der Waals surface area (Å²) in [7, 11) is 0. The first-order valence-electron chi connectivity index (χ1n) is 5.89. The van der Waals surface area contributed by atoms with Crippen molar-refractivity contribution >= 4 is 21.6 Å². The Balaban J connectivity index is 2.21. The van der Waals surface area contributed by atoms with E-state index in [1.54, 1.807) is 0 Å². The van der Waals surface area contributed by atoms with E-state index in [4.69, 9.17) is 0 Å². The molecule has 0 aliphatic carbocycles. The zero-order chi connectivity index (χ0) is 11.4. The molecule has 0 aromatic carbocycles. The predicted octanol–water partition coefficient (Wildman–Crippen LogP) is 2.42. The molecule has 0 spiro atoms. The Bertz CT molecular complexity index is 337. The van der Waals surface area contributed by atoms with Crippen LogP contribution in [0.5, 0.6) is 0 Å². The van der Waals surface area contributed by atoms with Crippen LogP contribution in [0.1, 0.15) is 19.8 Å². The van der Waals surface area contributed by atoms with Crippen molar-refractivity contribution < 1.29 is 0 Å². The summed E-state index contributed by atoms with van der Waals surface area (Å²) in [6.45, 7) is 5.56. The molecule has 1 aromatic heterocycles. The number of anilines is 1. The van der Waals surface area contributed by atoms with Crippen LogP contribution >= 0.6 is 15.9 Å². The normalized spacial score (nSPS) is 20.0. The van der Waals surface area contributed by atoms with Crippen LogP contribution in [0.2, 0.25) is 0 Å². The molecule has 1 N–H and O–H groups in total. The standard InChI is InChI=1S/C12H18BrN3/c1-2-7-16(10-3-5-14-8-10)12-4-6-15-9-11(12)13/h4,6,9-10,14H,2-3,5,7-8H2,1H3. The van der Waals surface area contributed by atoms with Gasteiger partial charge >= 0.3 is 0 Å². The third-order valence-corrected chi connectivity index (χ3v) is 3.61. The molecule has 88 valence electrons. The topological polar surface area (TPSA) is 28.2 Å². The molecule has 4 heteroatoms. The van der Waals surface area contributed by atoms with E-state index in [1.165, 1.54) is 18.5 Å². The molecule has 3 nitrogen and oxygen atoms in total. The molecule has 1 aliphatic heterocycles. The number of aromatic nitrogens is 1. The molecule has 2 rings (SSSR count). The minimum atomic E-state index is 0.624. The van der Waals surface area contributed by atoms with E-state index in [-0.39, 0.29) is 0 Å². The van der Waals surface area contributed by atoms with Crippen LogP contribution in [0.4, 0.5) is 5.69 Å². The van der Waals surface area contributed by atoms with Gasteiger partial charge in [-0.3, -0.25) is 4.98 Å². The molecule has 0 saturated carbocycles. The molecule has 0 radical (unpaired) electrons. The Morgan fingerprint density at radius 2 is 2.50 bits per heavy atom. The smallest absolute Gasteiger partial charge is 0.0592 e. The maximum Gasteiger partial charge on any atom is 0.0592 e. The van der Waals surface area contributed by atoms with Crippen LogP contribution in [-0.2, 0) is 0 Å². The predicted molar refractivity (Wildman–Crippen MR) is 70.8 cm³/mol. The fourth-order valence-corrected chi connectivity index (χ4v) is 2.72. The van der Waals surface area contributed by atoms with Crippen LogP contribution in [0.3, 0.4) is 0 Å². The Morgan fingerprint density at radius 1 is 1.62 bits per heavy atom. The molecule has 1 saturated heterocycles. The van der Waals surface area contributed by atoms with Gasteiger partial charge in [-0.2, -0.15) is 0 Å². The number of halogens is 1. The molecular weight excluding hydrogens is 266 g/mol. The second-order valence-corrected chi connectivity index (χ2v) is 5.02. The second-order valence-electron chi connectivity index (χ2n) is 4.17. The minimum absolute atomic E-state index is 0.624. The van der Waals surface area contributed by atoms with Gasteiger partial charge in [0.1, 0.15) is 0 Å². The first-order chi connectivity index (χ1) is 7.83. The summed E-state index contributed by atoms with van der Waals surface area (Å²) in [5, 5.41) is 3.43. The van der Waals surface area contributed by atoms with E-state index < -0.39 is 0 Å².